The SMILES string of the molecule is CC(C)(C)[Si](C)(C)OC1CC=C[C@H]1CCO. The van der Waals surface area contributed by atoms with Crippen molar-refractivity contribution >= 4 is 8.32 Å². The second-order valence-electron chi connectivity index (χ2n) is 6.26. The number of rotatable bonds is 4. The van der Waals surface area contributed by atoms with Gasteiger partial charge in [0.1, 0.15) is 0 Å². The molecule has 0 aromatic carbocycles. The first-order chi connectivity index (χ1) is 7.28. The average molecular weight is 242 g/mol. The van der Waals surface area contributed by atoms with Gasteiger partial charge in [0, 0.05) is 12.5 Å². The maximum atomic E-state index is 9.02. The van der Waals surface area contributed by atoms with E-state index in [1.807, 2.05) is 0 Å². The minimum Gasteiger partial charge on any atom is -0.413 e. The van der Waals surface area contributed by atoms with E-state index >= 15 is 0 Å². The predicted molar refractivity (Wildman–Crippen MR) is 71.0 cm³/mol. The Hall–Kier alpha value is -0.123. The number of hydrogen-bond acceptors (Lipinski definition) is 2. The fourth-order valence-corrected chi connectivity index (χ4v) is 3.19. The molecule has 0 spiro atoms. The Kier molecular flexibility index (Phi) is 4.38. The van der Waals surface area contributed by atoms with Gasteiger partial charge in [-0.25, -0.2) is 0 Å². The van der Waals surface area contributed by atoms with Crippen LogP contribution in [0.15, 0.2) is 12.2 Å². The molecule has 2 nitrogen and oxygen atoms in total. The third-order valence-electron chi connectivity index (χ3n) is 3.94. The van der Waals surface area contributed by atoms with Crippen LogP contribution >= 0.6 is 0 Å². The van der Waals surface area contributed by atoms with Crippen LogP contribution in [0.1, 0.15) is 33.6 Å². The lowest BCUT2D eigenvalue weighted by Gasteiger charge is -2.39. The highest BCUT2D eigenvalue weighted by Crippen LogP contribution is 2.39. The number of aliphatic hydroxyl groups excluding tert-OH is 1. The second-order valence-corrected chi connectivity index (χ2v) is 11.0. The van der Waals surface area contributed by atoms with E-state index in [2.05, 4.69) is 46.0 Å². The maximum absolute atomic E-state index is 9.02. The zero-order valence-corrected chi connectivity index (χ0v) is 12.3. The zero-order valence-electron chi connectivity index (χ0n) is 11.3. The van der Waals surface area contributed by atoms with Crippen LogP contribution in [0.5, 0.6) is 0 Å². The third-order valence-corrected chi connectivity index (χ3v) is 8.45. The normalized spacial score (nSPS) is 26.4. The molecule has 0 aromatic rings. The van der Waals surface area contributed by atoms with Gasteiger partial charge in [0.05, 0.1) is 6.10 Å². The van der Waals surface area contributed by atoms with Gasteiger partial charge in [-0.05, 0) is 31.0 Å². The lowest BCUT2D eigenvalue weighted by atomic mass is 10.0. The van der Waals surface area contributed by atoms with Crippen LogP contribution in [0.2, 0.25) is 18.1 Å². The highest BCUT2D eigenvalue weighted by Gasteiger charge is 2.40. The van der Waals surface area contributed by atoms with E-state index in [9.17, 15) is 0 Å². The van der Waals surface area contributed by atoms with E-state index in [-0.39, 0.29) is 11.6 Å². The van der Waals surface area contributed by atoms with Crippen LogP contribution in [0, 0.1) is 5.92 Å². The minimum atomic E-state index is -1.66. The topological polar surface area (TPSA) is 29.5 Å². The molecule has 0 fully saturated rings. The van der Waals surface area contributed by atoms with Gasteiger partial charge in [0.2, 0.25) is 0 Å². The summed E-state index contributed by atoms with van der Waals surface area (Å²) in [6.07, 6.45) is 6.53. The van der Waals surface area contributed by atoms with Crippen LogP contribution in [-0.4, -0.2) is 26.1 Å². The lowest BCUT2D eigenvalue weighted by Crippen LogP contribution is -2.45. The molecule has 3 heteroatoms. The Morgan fingerprint density at radius 2 is 2.00 bits per heavy atom. The lowest BCUT2D eigenvalue weighted by molar-refractivity contribution is 0.132. The molecule has 0 heterocycles. The van der Waals surface area contributed by atoms with Crippen LogP contribution < -0.4 is 0 Å². The summed E-state index contributed by atoms with van der Waals surface area (Å²) < 4.78 is 6.39. The Morgan fingerprint density at radius 1 is 1.38 bits per heavy atom. The molecule has 0 saturated heterocycles. The van der Waals surface area contributed by atoms with E-state index in [4.69, 9.17) is 9.53 Å². The Bertz CT molecular complexity index is 253. The fourth-order valence-electron chi connectivity index (χ4n) is 1.81. The van der Waals surface area contributed by atoms with Crippen LogP contribution in [0.3, 0.4) is 0 Å². The molecule has 0 amide bonds. The quantitative estimate of drug-likeness (QED) is 0.605. The summed E-state index contributed by atoms with van der Waals surface area (Å²) in [5, 5.41) is 9.29. The van der Waals surface area contributed by atoms with Crippen molar-refractivity contribution in [2.75, 3.05) is 6.61 Å². The first kappa shape index (κ1) is 13.9. The molecule has 0 saturated carbocycles. The number of aliphatic hydroxyl groups is 1. The standard InChI is InChI=1S/C13H26O2Si/c1-13(2,3)16(4,5)15-12-8-6-7-11(12)9-10-14/h6-7,11-12,14H,8-10H2,1-5H3/t11-,12?/m0/s1. The smallest absolute Gasteiger partial charge is 0.192 e. The third kappa shape index (κ3) is 3.19. The van der Waals surface area contributed by atoms with Crippen molar-refractivity contribution in [3.8, 4) is 0 Å². The van der Waals surface area contributed by atoms with E-state index in [1.165, 1.54) is 0 Å². The van der Waals surface area contributed by atoms with Crippen molar-refractivity contribution in [2.45, 2.75) is 57.8 Å². The average Bonchev–Trinajstić information content (AvgIpc) is 2.51. The summed E-state index contributed by atoms with van der Waals surface area (Å²) in [5.41, 5.74) is 0. The van der Waals surface area contributed by atoms with Crippen molar-refractivity contribution in [1.29, 1.82) is 0 Å². The molecule has 2 atom stereocenters. The summed E-state index contributed by atoms with van der Waals surface area (Å²) in [6.45, 7) is 11.6. The molecule has 0 aromatic heterocycles. The van der Waals surface area contributed by atoms with Crippen LogP contribution in [0.25, 0.3) is 0 Å². The van der Waals surface area contributed by atoms with Gasteiger partial charge < -0.3 is 9.53 Å². The van der Waals surface area contributed by atoms with Gasteiger partial charge in [-0.2, -0.15) is 0 Å². The molecular weight excluding hydrogens is 216 g/mol. The monoisotopic (exact) mass is 242 g/mol. The van der Waals surface area contributed by atoms with Crippen LogP contribution in [-0.2, 0) is 4.43 Å². The van der Waals surface area contributed by atoms with Gasteiger partial charge >= 0.3 is 0 Å². The first-order valence-corrected chi connectivity index (χ1v) is 9.14. The summed E-state index contributed by atoms with van der Waals surface area (Å²) in [5.74, 6) is 0.416. The van der Waals surface area contributed by atoms with Gasteiger partial charge in [-0.15, -0.1) is 0 Å². The summed E-state index contributed by atoms with van der Waals surface area (Å²) >= 11 is 0. The molecule has 94 valence electrons. The van der Waals surface area contributed by atoms with Crippen molar-refractivity contribution < 1.29 is 9.53 Å². The predicted octanol–water partition coefficient (Wildman–Crippen LogP) is 3.34. The Labute approximate surface area is 101 Å². The molecule has 1 N–H and O–H groups in total. The molecule has 0 bridgehead atoms. The molecule has 0 radical (unpaired) electrons. The van der Waals surface area contributed by atoms with E-state index in [0.29, 0.717) is 12.0 Å². The molecule has 1 aliphatic rings. The molecule has 0 aliphatic heterocycles. The molecule has 16 heavy (non-hydrogen) atoms. The van der Waals surface area contributed by atoms with Crippen molar-refractivity contribution in [3.63, 3.8) is 0 Å². The molecule has 1 aliphatic carbocycles. The van der Waals surface area contributed by atoms with Gasteiger partial charge in [-0.1, -0.05) is 32.9 Å². The van der Waals surface area contributed by atoms with Crippen molar-refractivity contribution in [2.24, 2.45) is 5.92 Å². The first-order valence-electron chi connectivity index (χ1n) is 6.23. The van der Waals surface area contributed by atoms with Crippen molar-refractivity contribution in [1.82, 2.24) is 0 Å². The zero-order chi connectivity index (χ0) is 12.4. The van der Waals surface area contributed by atoms with Gasteiger partial charge in [-0.3, -0.25) is 0 Å². The largest absolute Gasteiger partial charge is 0.413 e. The van der Waals surface area contributed by atoms with Gasteiger partial charge in [0.15, 0.2) is 8.32 Å². The van der Waals surface area contributed by atoms with Gasteiger partial charge in [0.25, 0.3) is 0 Å². The molecule has 1 rings (SSSR count). The van der Waals surface area contributed by atoms with Crippen LogP contribution in [0.4, 0.5) is 0 Å². The molecular formula is C13H26O2Si. The fraction of sp³-hybridized carbons (Fsp3) is 0.846. The second kappa shape index (κ2) is 5.03. The van der Waals surface area contributed by atoms with E-state index < -0.39 is 8.32 Å². The maximum Gasteiger partial charge on any atom is 0.192 e. The highest BCUT2D eigenvalue weighted by molar-refractivity contribution is 6.74. The summed E-state index contributed by atoms with van der Waals surface area (Å²) in [7, 11) is -1.66. The summed E-state index contributed by atoms with van der Waals surface area (Å²) in [4.78, 5) is 0. The summed E-state index contributed by atoms with van der Waals surface area (Å²) in [6, 6.07) is 0. The number of hydrogen-bond donors (Lipinski definition) is 1. The highest BCUT2D eigenvalue weighted by atomic mass is 28.4. The Morgan fingerprint density at radius 3 is 2.50 bits per heavy atom. The van der Waals surface area contributed by atoms with E-state index in [1.54, 1.807) is 0 Å². The van der Waals surface area contributed by atoms with Crippen molar-refractivity contribution in [3.05, 3.63) is 12.2 Å². The van der Waals surface area contributed by atoms with E-state index in [0.717, 1.165) is 12.8 Å². The Balaban J connectivity index is 2.60. The minimum absolute atomic E-state index is 0.256. The molecule has 1 unspecified atom stereocenters.